The number of nitrogens with two attached hydrogens (primary N) is 1. The number of nitro groups is 2. The van der Waals surface area contributed by atoms with Gasteiger partial charge in [0.25, 0.3) is 11.4 Å². The van der Waals surface area contributed by atoms with Crippen molar-refractivity contribution in [3.63, 3.8) is 0 Å². The quantitative estimate of drug-likeness (QED) is 0.603. The number of carboxylic acid groups (broad SMARTS) is 1. The van der Waals surface area contributed by atoms with Crippen molar-refractivity contribution in [3.8, 4) is 0 Å². The second-order valence-corrected chi connectivity index (χ2v) is 3.52. The second-order valence-electron chi connectivity index (χ2n) is 3.52. The summed E-state index contributed by atoms with van der Waals surface area (Å²) in [6, 6.07) is 1.66. The first-order valence-electron chi connectivity index (χ1n) is 4.72. The molecule has 0 bridgehead atoms. The molecule has 1 aromatic carbocycles. The number of carboxylic acids is 1. The van der Waals surface area contributed by atoms with E-state index in [4.69, 9.17) is 10.8 Å². The summed E-state index contributed by atoms with van der Waals surface area (Å²) in [5.41, 5.74) is 4.44. The summed E-state index contributed by atoms with van der Waals surface area (Å²) in [7, 11) is 0. The molecular formula is C9H10ClN3O6. The molecule has 0 heterocycles. The number of hydrogen-bond donors (Lipinski definition) is 2. The number of non-ortho nitro benzene ring substituents is 2. The molecule has 0 saturated heterocycles. The monoisotopic (exact) mass is 291 g/mol. The minimum atomic E-state index is -1.29. The van der Waals surface area contributed by atoms with Crippen LogP contribution in [0.3, 0.4) is 0 Å². The van der Waals surface area contributed by atoms with E-state index in [1.54, 1.807) is 0 Å². The minimum Gasteiger partial charge on any atom is -0.480 e. The van der Waals surface area contributed by atoms with Crippen LogP contribution < -0.4 is 5.73 Å². The third-order valence-electron chi connectivity index (χ3n) is 2.16. The molecule has 0 radical (unpaired) electrons. The van der Waals surface area contributed by atoms with Crippen molar-refractivity contribution < 1.29 is 19.7 Å². The zero-order valence-electron chi connectivity index (χ0n) is 9.38. The predicted molar refractivity (Wildman–Crippen MR) is 66.3 cm³/mol. The number of nitro benzene ring substituents is 2. The molecule has 1 unspecified atom stereocenters. The van der Waals surface area contributed by atoms with Crippen molar-refractivity contribution in [1.29, 1.82) is 0 Å². The molecule has 10 heteroatoms. The van der Waals surface area contributed by atoms with Crippen LogP contribution in [-0.2, 0) is 11.2 Å². The predicted octanol–water partition coefficient (Wildman–Crippen LogP) is 0.879. The van der Waals surface area contributed by atoms with Gasteiger partial charge in [0.15, 0.2) is 0 Å². The lowest BCUT2D eigenvalue weighted by Crippen LogP contribution is -2.32. The summed E-state index contributed by atoms with van der Waals surface area (Å²) in [5, 5.41) is 29.8. The molecule has 1 aromatic rings. The molecular weight excluding hydrogens is 282 g/mol. The normalized spacial score (nSPS) is 11.2. The van der Waals surface area contributed by atoms with E-state index in [-0.39, 0.29) is 24.4 Å². The Bertz CT molecular complexity index is 488. The van der Waals surface area contributed by atoms with E-state index in [0.717, 1.165) is 18.2 Å². The van der Waals surface area contributed by atoms with Crippen LogP contribution in [0.1, 0.15) is 5.56 Å². The minimum absolute atomic E-state index is 0. The van der Waals surface area contributed by atoms with Gasteiger partial charge in [-0.15, -0.1) is 12.4 Å². The fraction of sp³-hybridized carbons (Fsp3) is 0.222. The highest BCUT2D eigenvalue weighted by molar-refractivity contribution is 5.85. The summed E-state index contributed by atoms with van der Waals surface area (Å²) in [5.74, 6) is -1.29. The van der Waals surface area contributed by atoms with Gasteiger partial charge >= 0.3 is 5.97 Å². The zero-order chi connectivity index (χ0) is 13.9. The zero-order valence-corrected chi connectivity index (χ0v) is 10.2. The van der Waals surface area contributed by atoms with Crippen LogP contribution in [0.15, 0.2) is 18.2 Å². The van der Waals surface area contributed by atoms with Crippen molar-refractivity contribution in [2.75, 3.05) is 0 Å². The van der Waals surface area contributed by atoms with E-state index in [2.05, 4.69) is 0 Å². The molecule has 0 saturated carbocycles. The van der Waals surface area contributed by atoms with Crippen LogP contribution in [-0.4, -0.2) is 27.0 Å². The Balaban J connectivity index is 0.00000324. The maximum absolute atomic E-state index is 10.6. The summed E-state index contributed by atoms with van der Waals surface area (Å²) in [6.45, 7) is 0. The van der Waals surface area contributed by atoms with Gasteiger partial charge in [-0.05, 0) is 12.0 Å². The van der Waals surface area contributed by atoms with Crippen LogP contribution in [0.25, 0.3) is 0 Å². The molecule has 0 fully saturated rings. The van der Waals surface area contributed by atoms with E-state index in [0.29, 0.717) is 0 Å². The molecule has 0 aliphatic carbocycles. The number of aliphatic carboxylic acids is 1. The fourth-order valence-electron chi connectivity index (χ4n) is 1.33. The van der Waals surface area contributed by atoms with Gasteiger partial charge in [-0.25, -0.2) is 0 Å². The van der Waals surface area contributed by atoms with Crippen molar-refractivity contribution >= 4 is 29.8 Å². The van der Waals surface area contributed by atoms with Crippen molar-refractivity contribution in [2.45, 2.75) is 12.5 Å². The van der Waals surface area contributed by atoms with E-state index in [1.165, 1.54) is 0 Å². The molecule has 1 atom stereocenters. The molecule has 19 heavy (non-hydrogen) atoms. The first-order valence-corrected chi connectivity index (χ1v) is 4.72. The Kier molecular flexibility index (Phi) is 5.83. The lowest BCUT2D eigenvalue weighted by atomic mass is 10.1. The SMILES string of the molecule is Cl.NC(Cc1cc([N+](=O)[O-])cc([N+](=O)[O-])c1)C(=O)O. The summed E-state index contributed by atoms with van der Waals surface area (Å²) < 4.78 is 0. The summed E-state index contributed by atoms with van der Waals surface area (Å²) >= 11 is 0. The molecule has 0 aromatic heterocycles. The van der Waals surface area contributed by atoms with Gasteiger partial charge in [0.2, 0.25) is 0 Å². The standard InChI is InChI=1S/C9H9N3O6.ClH/c10-8(9(13)14)3-5-1-6(11(15)16)4-7(2-5)12(17)18;/h1-2,4,8H,3,10H2,(H,13,14);1H. The Morgan fingerprint density at radius 2 is 1.63 bits per heavy atom. The van der Waals surface area contributed by atoms with E-state index < -0.39 is 33.2 Å². The molecule has 0 spiro atoms. The molecule has 0 aliphatic rings. The number of carbonyl (C=O) groups is 1. The van der Waals surface area contributed by atoms with Gasteiger partial charge in [-0.1, -0.05) is 0 Å². The lowest BCUT2D eigenvalue weighted by Gasteiger charge is -2.06. The summed E-state index contributed by atoms with van der Waals surface area (Å²) in [6.07, 6.45) is -0.224. The molecule has 0 aliphatic heterocycles. The topological polar surface area (TPSA) is 150 Å². The van der Waals surface area contributed by atoms with Crippen LogP contribution in [0.5, 0.6) is 0 Å². The Morgan fingerprint density at radius 1 is 1.21 bits per heavy atom. The molecule has 3 N–H and O–H groups in total. The lowest BCUT2D eigenvalue weighted by molar-refractivity contribution is -0.394. The van der Waals surface area contributed by atoms with E-state index >= 15 is 0 Å². The highest BCUT2D eigenvalue weighted by Crippen LogP contribution is 2.23. The largest absolute Gasteiger partial charge is 0.480 e. The maximum atomic E-state index is 10.6. The van der Waals surface area contributed by atoms with Crippen LogP contribution in [0.2, 0.25) is 0 Å². The van der Waals surface area contributed by atoms with E-state index in [1.807, 2.05) is 0 Å². The average molecular weight is 292 g/mol. The van der Waals surface area contributed by atoms with Crippen LogP contribution >= 0.6 is 12.4 Å². The van der Waals surface area contributed by atoms with Crippen LogP contribution in [0.4, 0.5) is 11.4 Å². The van der Waals surface area contributed by atoms with Gasteiger partial charge in [0.05, 0.1) is 15.9 Å². The highest BCUT2D eigenvalue weighted by atomic mass is 35.5. The Morgan fingerprint density at radius 3 is 1.95 bits per heavy atom. The van der Waals surface area contributed by atoms with Gasteiger partial charge in [0.1, 0.15) is 6.04 Å². The van der Waals surface area contributed by atoms with Gasteiger partial charge in [-0.3, -0.25) is 25.0 Å². The smallest absolute Gasteiger partial charge is 0.320 e. The van der Waals surface area contributed by atoms with E-state index in [9.17, 15) is 25.0 Å². The average Bonchev–Trinajstić information content (AvgIpc) is 2.28. The molecule has 0 amide bonds. The molecule has 104 valence electrons. The third-order valence-corrected chi connectivity index (χ3v) is 2.16. The summed E-state index contributed by atoms with van der Waals surface area (Å²) in [4.78, 5) is 30.1. The first-order chi connectivity index (χ1) is 8.31. The Hall–Kier alpha value is -2.26. The number of nitrogens with zero attached hydrogens (tertiary/aromatic N) is 2. The Labute approximate surface area is 112 Å². The van der Waals surface area contributed by atoms with Gasteiger partial charge in [0, 0.05) is 12.1 Å². The number of rotatable bonds is 5. The molecule has 9 nitrogen and oxygen atoms in total. The van der Waals surface area contributed by atoms with Crippen molar-refractivity contribution in [1.82, 2.24) is 0 Å². The van der Waals surface area contributed by atoms with Crippen molar-refractivity contribution in [3.05, 3.63) is 44.0 Å². The third kappa shape index (κ3) is 4.48. The second kappa shape index (κ2) is 6.61. The van der Waals surface area contributed by atoms with Crippen LogP contribution in [0, 0.1) is 20.2 Å². The molecule has 1 rings (SSSR count). The van der Waals surface area contributed by atoms with Gasteiger partial charge in [-0.2, -0.15) is 0 Å². The number of hydrogen-bond acceptors (Lipinski definition) is 6. The number of halogens is 1. The fourth-order valence-corrected chi connectivity index (χ4v) is 1.33. The number of benzene rings is 1. The van der Waals surface area contributed by atoms with Gasteiger partial charge < -0.3 is 10.8 Å². The highest BCUT2D eigenvalue weighted by Gasteiger charge is 2.19. The first kappa shape index (κ1) is 16.7. The van der Waals surface area contributed by atoms with Crippen molar-refractivity contribution in [2.24, 2.45) is 5.73 Å². The maximum Gasteiger partial charge on any atom is 0.320 e.